The maximum atomic E-state index is 12.3. The standard InChI is InChI=1S/C11H15ClN4O7S2/c12-7-5-8-10(6-9(7)24(13,19)20)25(21,22)15-11(14-8)3-1-2-4-23-16(17)18/h5-6,11,14-15H,1-4H2,(H2,13,19,20)/t11-/m0/s1. The molecule has 0 saturated carbocycles. The quantitative estimate of drug-likeness (QED) is 0.326. The van der Waals surface area contributed by atoms with Gasteiger partial charge in [-0.1, -0.05) is 11.6 Å². The predicted molar refractivity (Wildman–Crippen MR) is 87.4 cm³/mol. The van der Waals surface area contributed by atoms with Gasteiger partial charge in [0.15, 0.2) is 0 Å². The summed E-state index contributed by atoms with van der Waals surface area (Å²) in [4.78, 5) is 13.4. The van der Waals surface area contributed by atoms with Gasteiger partial charge >= 0.3 is 0 Å². The Labute approximate surface area is 148 Å². The summed E-state index contributed by atoms with van der Waals surface area (Å²) in [7, 11) is -8.16. The highest BCUT2D eigenvalue weighted by molar-refractivity contribution is 7.90. The maximum Gasteiger partial charge on any atom is 0.294 e. The highest BCUT2D eigenvalue weighted by atomic mass is 35.5. The average molecular weight is 415 g/mol. The van der Waals surface area contributed by atoms with Gasteiger partial charge in [0.25, 0.3) is 5.09 Å². The van der Waals surface area contributed by atoms with Crippen molar-refractivity contribution < 1.29 is 26.8 Å². The van der Waals surface area contributed by atoms with Gasteiger partial charge in [0.2, 0.25) is 20.0 Å². The molecule has 4 N–H and O–H groups in total. The Kier molecular flexibility index (Phi) is 5.73. The smallest absolute Gasteiger partial charge is 0.294 e. The summed E-state index contributed by atoms with van der Waals surface area (Å²) in [5, 5.41) is 16.8. The van der Waals surface area contributed by atoms with Gasteiger partial charge in [0.05, 0.1) is 23.5 Å². The summed E-state index contributed by atoms with van der Waals surface area (Å²) >= 11 is 5.87. The van der Waals surface area contributed by atoms with E-state index in [0.717, 1.165) is 6.07 Å². The van der Waals surface area contributed by atoms with E-state index in [2.05, 4.69) is 14.9 Å². The zero-order chi connectivity index (χ0) is 18.8. The van der Waals surface area contributed by atoms with E-state index in [9.17, 15) is 26.9 Å². The Balaban J connectivity index is 2.15. The third-order valence-corrected chi connectivity index (χ3v) is 6.23. The zero-order valence-corrected chi connectivity index (χ0v) is 15.0. The molecule has 0 saturated heterocycles. The molecule has 2 rings (SSSR count). The molecule has 0 spiro atoms. The van der Waals surface area contributed by atoms with Gasteiger partial charge < -0.3 is 10.2 Å². The van der Waals surface area contributed by atoms with Crippen LogP contribution in [0.25, 0.3) is 0 Å². The highest BCUT2D eigenvalue weighted by Gasteiger charge is 2.31. The molecule has 25 heavy (non-hydrogen) atoms. The minimum Gasteiger partial charge on any atom is -0.368 e. The van der Waals surface area contributed by atoms with Crippen molar-refractivity contribution in [1.29, 1.82) is 0 Å². The minimum absolute atomic E-state index is 0.0907. The zero-order valence-electron chi connectivity index (χ0n) is 12.6. The second-order valence-corrected chi connectivity index (χ2v) is 8.81. The molecule has 140 valence electrons. The van der Waals surface area contributed by atoms with E-state index in [1.807, 2.05) is 0 Å². The molecule has 1 heterocycles. The van der Waals surface area contributed by atoms with E-state index in [0.29, 0.717) is 19.3 Å². The van der Waals surface area contributed by atoms with Crippen LogP contribution in [-0.2, 0) is 24.9 Å². The summed E-state index contributed by atoms with van der Waals surface area (Å²) in [6, 6.07) is 2.07. The first-order valence-corrected chi connectivity index (χ1v) is 10.3. The van der Waals surface area contributed by atoms with Crippen LogP contribution >= 0.6 is 11.6 Å². The fraction of sp³-hybridized carbons (Fsp3) is 0.455. The number of unbranched alkanes of at least 4 members (excludes halogenated alkanes) is 1. The Hall–Kier alpha value is -1.67. The van der Waals surface area contributed by atoms with E-state index in [-0.39, 0.29) is 22.2 Å². The van der Waals surface area contributed by atoms with Gasteiger partial charge in [-0.05, 0) is 31.4 Å². The van der Waals surface area contributed by atoms with E-state index in [1.165, 1.54) is 6.07 Å². The Morgan fingerprint density at radius 2 is 2.04 bits per heavy atom. The molecule has 0 bridgehead atoms. The van der Waals surface area contributed by atoms with E-state index in [1.54, 1.807) is 0 Å². The number of hydrogen-bond donors (Lipinski definition) is 3. The molecule has 0 fully saturated rings. The van der Waals surface area contributed by atoms with Crippen LogP contribution in [0.3, 0.4) is 0 Å². The van der Waals surface area contributed by atoms with Crippen molar-refractivity contribution >= 4 is 37.3 Å². The minimum atomic E-state index is -4.18. The second kappa shape index (κ2) is 7.29. The van der Waals surface area contributed by atoms with Crippen LogP contribution in [-0.4, -0.2) is 34.7 Å². The van der Waals surface area contributed by atoms with Crippen LogP contribution in [0.2, 0.25) is 5.02 Å². The number of sulfonamides is 2. The number of primary sulfonamides is 1. The van der Waals surface area contributed by atoms with Crippen molar-refractivity contribution in [2.75, 3.05) is 11.9 Å². The van der Waals surface area contributed by atoms with Crippen molar-refractivity contribution in [3.8, 4) is 0 Å². The lowest BCUT2D eigenvalue weighted by Gasteiger charge is -2.28. The lowest BCUT2D eigenvalue weighted by molar-refractivity contribution is -0.757. The van der Waals surface area contributed by atoms with Gasteiger partial charge in [-0.25, -0.2) is 22.0 Å². The SMILES string of the molecule is NS(=O)(=O)c1cc2c(cc1Cl)N[C@H](CCCCO[N+](=O)[O-])NS2(=O)=O. The maximum absolute atomic E-state index is 12.3. The molecule has 1 aliphatic rings. The molecule has 0 radical (unpaired) electrons. The number of anilines is 1. The number of halogens is 1. The molecule has 1 aromatic rings. The largest absolute Gasteiger partial charge is 0.368 e. The van der Waals surface area contributed by atoms with Crippen LogP contribution in [0.15, 0.2) is 21.9 Å². The summed E-state index contributed by atoms with van der Waals surface area (Å²) in [5.74, 6) is 0. The van der Waals surface area contributed by atoms with E-state index in [4.69, 9.17) is 16.7 Å². The third-order valence-electron chi connectivity index (χ3n) is 3.34. The molecule has 1 aliphatic heterocycles. The Morgan fingerprint density at radius 1 is 1.36 bits per heavy atom. The van der Waals surface area contributed by atoms with Gasteiger partial charge in [0.1, 0.15) is 9.79 Å². The first kappa shape index (κ1) is 19.7. The second-order valence-electron chi connectivity index (χ2n) is 5.19. The summed E-state index contributed by atoms with van der Waals surface area (Å²) < 4.78 is 49.9. The van der Waals surface area contributed by atoms with Gasteiger partial charge in [-0.3, -0.25) is 0 Å². The number of hydrogen-bond acceptors (Lipinski definition) is 8. The van der Waals surface area contributed by atoms with Crippen molar-refractivity contribution in [1.82, 2.24) is 4.72 Å². The molecule has 1 atom stereocenters. The van der Waals surface area contributed by atoms with Crippen LogP contribution in [0, 0.1) is 10.1 Å². The molecule has 11 nitrogen and oxygen atoms in total. The third kappa shape index (κ3) is 4.92. The van der Waals surface area contributed by atoms with Gasteiger partial charge in [0, 0.05) is 0 Å². The monoisotopic (exact) mass is 414 g/mol. The van der Waals surface area contributed by atoms with Crippen LogP contribution in [0.1, 0.15) is 19.3 Å². The summed E-state index contributed by atoms with van der Waals surface area (Å²) in [5.41, 5.74) is 0.141. The number of nitrogens with zero attached hydrogens (tertiary/aromatic N) is 1. The molecule has 14 heteroatoms. The first-order chi connectivity index (χ1) is 11.5. The van der Waals surface area contributed by atoms with Gasteiger partial charge in [-0.2, -0.15) is 4.72 Å². The number of fused-ring (bicyclic) bond motifs is 1. The topological polar surface area (TPSA) is 171 Å². The van der Waals surface area contributed by atoms with Crippen LogP contribution in [0.5, 0.6) is 0 Å². The average Bonchev–Trinajstić information content (AvgIpc) is 2.43. The van der Waals surface area contributed by atoms with Crippen LogP contribution < -0.4 is 15.2 Å². The van der Waals surface area contributed by atoms with Crippen molar-refractivity contribution in [3.05, 3.63) is 27.3 Å². The first-order valence-electron chi connectivity index (χ1n) is 6.93. The molecule has 0 aromatic heterocycles. The molecular weight excluding hydrogens is 400 g/mol. The molecule has 0 amide bonds. The fourth-order valence-electron chi connectivity index (χ4n) is 2.28. The predicted octanol–water partition coefficient (Wildman–Crippen LogP) is 0.396. The summed E-state index contributed by atoms with van der Waals surface area (Å²) in [6.07, 6.45) is 0.462. The highest BCUT2D eigenvalue weighted by Crippen LogP contribution is 2.34. The van der Waals surface area contributed by atoms with E-state index >= 15 is 0 Å². The van der Waals surface area contributed by atoms with Gasteiger partial charge in [-0.15, -0.1) is 10.1 Å². The Bertz CT molecular complexity index is 888. The molecule has 0 aliphatic carbocycles. The number of rotatable bonds is 7. The molecule has 0 unspecified atom stereocenters. The molecular formula is C11H15ClN4O7S2. The molecule has 1 aromatic carbocycles. The fourth-order valence-corrected chi connectivity index (χ4v) is 4.81. The Morgan fingerprint density at radius 3 is 2.64 bits per heavy atom. The van der Waals surface area contributed by atoms with Crippen LogP contribution in [0.4, 0.5) is 5.69 Å². The van der Waals surface area contributed by atoms with Crippen molar-refractivity contribution in [3.63, 3.8) is 0 Å². The number of nitrogens with two attached hydrogens (primary N) is 1. The normalized spacial score (nSPS) is 18.9. The lowest BCUT2D eigenvalue weighted by atomic mass is 10.2. The van der Waals surface area contributed by atoms with Crippen molar-refractivity contribution in [2.24, 2.45) is 5.14 Å². The van der Waals surface area contributed by atoms with E-state index < -0.39 is 36.2 Å². The lowest BCUT2D eigenvalue weighted by Crippen LogP contribution is -2.44. The summed E-state index contributed by atoms with van der Waals surface area (Å²) in [6.45, 7) is -0.0907. The number of benzene rings is 1. The van der Waals surface area contributed by atoms with Crippen molar-refractivity contribution in [2.45, 2.75) is 35.2 Å². The number of nitrogens with one attached hydrogen (secondary N) is 2.